The van der Waals surface area contributed by atoms with Crippen LogP contribution in [0, 0.1) is 5.92 Å². The highest BCUT2D eigenvalue weighted by molar-refractivity contribution is 5.82. The van der Waals surface area contributed by atoms with E-state index >= 15 is 0 Å². The average Bonchev–Trinajstić information content (AvgIpc) is 3.07. The van der Waals surface area contributed by atoms with Crippen LogP contribution in [0.4, 0.5) is 0 Å². The first kappa shape index (κ1) is 16.2. The summed E-state index contributed by atoms with van der Waals surface area (Å²) in [5.41, 5.74) is 8.03. The van der Waals surface area contributed by atoms with Gasteiger partial charge in [0.05, 0.1) is 18.4 Å². The Kier molecular flexibility index (Phi) is 5.33. The Hall–Kier alpha value is -2.14. The molecule has 3 atom stereocenters. The van der Waals surface area contributed by atoms with Crippen LogP contribution >= 0.6 is 0 Å². The quantitative estimate of drug-likeness (QED) is 0.860. The monoisotopic (exact) mass is 300 g/mol. The molecule has 3 unspecified atom stereocenters. The molecule has 1 aromatic carbocycles. The molecule has 1 aromatic heterocycles. The fourth-order valence-corrected chi connectivity index (χ4v) is 2.27. The summed E-state index contributed by atoms with van der Waals surface area (Å²) in [6.07, 6.45) is 6.27. The minimum Gasteiger partial charge on any atom is -0.348 e. The summed E-state index contributed by atoms with van der Waals surface area (Å²) >= 11 is 0. The predicted octanol–water partition coefficient (Wildman–Crippen LogP) is 2.42. The summed E-state index contributed by atoms with van der Waals surface area (Å²) in [7, 11) is 0. The molecule has 3 N–H and O–H groups in total. The van der Waals surface area contributed by atoms with Gasteiger partial charge in [0.25, 0.3) is 0 Å². The summed E-state index contributed by atoms with van der Waals surface area (Å²) in [5, 5.41) is 2.99. The number of carbonyl (C=O) groups excluding carboxylic acids is 1. The van der Waals surface area contributed by atoms with Crippen LogP contribution in [-0.4, -0.2) is 21.5 Å². The molecule has 0 aliphatic heterocycles. The van der Waals surface area contributed by atoms with E-state index in [0.29, 0.717) is 0 Å². The van der Waals surface area contributed by atoms with Gasteiger partial charge in [-0.2, -0.15) is 0 Å². The number of imidazole rings is 1. The Bertz CT molecular complexity index is 609. The van der Waals surface area contributed by atoms with Gasteiger partial charge in [0.2, 0.25) is 5.91 Å². The lowest BCUT2D eigenvalue weighted by Gasteiger charge is -2.21. The molecule has 22 heavy (non-hydrogen) atoms. The van der Waals surface area contributed by atoms with Crippen LogP contribution in [-0.2, 0) is 4.79 Å². The van der Waals surface area contributed by atoms with Crippen molar-refractivity contribution in [3.8, 4) is 5.69 Å². The van der Waals surface area contributed by atoms with Crippen LogP contribution in [0.25, 0.3) is 5.69 Å². The molecule has 1 amide bonds. The number of nitrogens with one attached hydrogen (secondary N) is 1. The summed E-state index contributed by atoms with van der Waals surface area (Å²) in [6.45, 7) is 6.00. The van der Waals surface area contributed by atoms with E-state index in [-0.39, 0.29) is 17.9 Å². The molecule has 2 aromatic rings. The molecular weight excluding hydrogens is 276 g/mol. The third-order valence-electron chi connectivity index (χ3n) is 4.09. The van der Waals surface area contributed by atoms with E-state index in [1.54, 1.807) is 12.5 Å². The van der Waals surface area contributed by atoms with E-state index in [2.05, 4.69) is 10.3 Å². The molecule has 0 bridgehead atoms. The van der Waals surface area contributed by atoms with E-state index in [1.165, 1.54) is 0 Å². The molecular formula is C17H24N4O. The van der Waals surface area contributed by atoms with E-state index in [9.17, 15) is 4.79 Å². The van der Waals surface area contributed by atoms with Gasteiger partial charge < -0.3 is 15.6 Å². The summed E-state index contributed by atoms with van der Waals surface area (Å²) in [6, 6.07) is 7.46. The van der Waals surface area contributed by atoms with Crippen LogP contribution in [0.3, 0.4) is 0 Å². The van der Waals surface area contributed by atoms with Crippen molar-refractivity contribution in [1.29, 1.82) is 0 Å². The van der Waals surface area contributed by atoms with Crippen LogP contribution in [0.2, 0.25) is 0 Å². The van der Waals surface area contributed by atoms with Crippen molar-refractivity contribution >= 4 is 5.91 Å². The van der Waals surface area contributed by atoms with Gasteiger partial charge in [0, 0.05) is 18.1 Å². The summed E-state index contributed by atoms with van der Waals surface area (Å²) in [4.78, 5) is 16.2. The molecule has 0 aliphatic carbocycles. The zero-order chi connectivity index (χ0) is 16.1. The van der Waals surface area contributed by atoms with Crippen molar-refractivity contribution in [2.75, 3.05) is 0 Å². The lowest BCUT2D eigenvalue weighted by molar-refractivity contribution is -0.124. The van der Waals surface area contributed by atoms with Gasteiger partial charge in [-0.15, -0.1) is 0 Å². The van der Waals surface area contributed by atoms with E-state index in [1.807, 2.05) is 55.8 Å². The Morgan fingerprint density at radius 1 is 1.41 bits per heavy atom. The minimum atomic E-state index is -0.468. The maximum Gasteiger partial charge on any atom is 0.237 e. The molecule has 0 radical (unpaired) electrons. The van der Waals surface area contributed by atoms with Crippen molar-refractivity contribution in [3.05, 3.63) is 48.5 Å². The maximum atomic E-state index is 12.2. The van der Waals surface area contributed by atoms with Gasteiger partial charge in [0.15, 0.2) is 0 Å². The number of rotatable bonds is 6. The predicted molar refractivity (Wildman–Crippen MR) is 87.6 cm³/mol. The molecule has 0 saturated heterocycles. The zero-order valence-corrected chi connectivity index (χ0v) is 13.4. The van der Waals surface area contributed by atoms with E-state index in [4.69, 9.17) is 5.73 Å². The van der Waals surface area contributed by atoms with Gasteiger partial charge in [-0.3, -0.25) is 4.79 Å². The highest BCUT2D eigenvalue weighted by Crippen LogP contribution is 2.17. The van der Waals surface area contributed by atoms with Crippen molar-refractivity contribution in [2.24, 2.45) is 11.7 Å². The van der Waals surface area contributed by atoms with E-state index < -0.39 is 6.04 Å². The van der Waals surface area contributed by atoms with Crippen molar-refractivity contribution in [3.63, 3.8) is 0 Å². The topological polar surface area (TPSA) is 72.9 Å². The molecule has 5 nitrogen and oxygen atoms in total. The number of nitrogens with two attached hydrogens (primary N) is 1. The normalized spacial score (nSPS) is 15.1. The third kappa shape index (κ3) is 3.74. The molecule has 5 heteroatoms. The van der Waals surface area contributed by atoms with Crippen LogP contribution in [0.15, 0.2) is 43.0 Å². The van der Waals surface area contributed by atoms with Gasteiger partial charge in [-0.25, -0.2) is 4.98 Å². The lowest BCUT2D eigenvalue weighted by Crippen LogP contribution is -2.45. The average molecular weight is 300 g/mol. The number of benzene rings is 1. The molecule has 0 aliphatic rings. The number of amides is 1. The third-order valence-corrected chi connectivity index (χ3v) is 4.09. The SMILES string of the molecule is CCC(C)C(N)C(=O)NC(C)c1cccc(-n2ccnc2)c1. The number of hydrogen-bond acceptors (Lipinski definition) is 3. The smallest absolute Gasteiger partial charge is 0.237 e. The largest absolute Gasteiger partial charge is 0.348 e. The molecule has 0 spiro atoms. The minimum absolute atomic E-state index is 0.0916. The fraction of sp³-hybridized carbons (Fsp3) is 0.412. The van der Waals surface area contributed by atoms with Crippen molar-refractivity contribution < 1.29 is 4.79 Å². The summed E-state index contributed by atoms with van der Waals surface area (Å²) in [5.74, 6) is 0.0689. The molecule has 2 rings (SSSR count). The first-order valence-electron chi connectivity index (χ1n) is 7.67. The number of nitrogens with zero attached hydrogens (tertiary/aromatic N) is 2. The van der Waals surface area contributed by atoms with Gasteiger partial charge in [-0.05, 0) is 30.5 Å². The first-order chi connectivity index (χ1) is 10.5. The number of hydrogen-bond donors (Lipinski definition) is 2. The summed E-state index contributed by atoms with van der Waals surface area (Å²) < 4.78 is 1.93. The Labute approximate surface area is 131 Å². The number of carbonyl (C=O) groups is 1. The maximum absolute atomic E-state index is 12.2. The second-order valence-electron chi connectivity index (χ2n) is 5.71. The highest BCUT2D eigenvalue weighted by Gasteiger charge is 2.21. The Morgan fingerprint density at radius 2 is 2.18 bits per heavy atom. The highest BCUT2D eigenvalue weighted by atomic mass is 16.2. The van der Waals surface area contributed by atoms with Crippen molar-refractivity contribution in [1.82, 2.24) is 14.9 Å². The second kappa shape index (κ2) is 7.22. The van der Waals surface area contributed by atoms with Crippen LogP contribution in [0.1, 0.15) is 38.8 Å². The Balaban J connectivity index is 2.08. The molecule has 0 saturated carbocycles. The lowest BCUT2D eigenvalue weighted by atomic mass is 9.98. The number of aromatic nitrogens is 2. The van der Waals surface area contributed by atoms with Gasteiger partial charge in [-0.1, -0.05) is 32.4 Å². The van der Waals surface area contributed by atoms with Crippen molar-refractivity contribution in [2.45, 2.75) is 39.3 Å². The molecule has 1 heterocycles. The zero-order valence-electron chi connectivity index (χ0n) is 13.4. The molecule has 118 valence electrons. The second-order valence-corrected chi connectivity index (χ2v) is 5.71. The Morgan fingerprint density at radius 3 is 2.82 bits per heavy atom. The molecule has 0 fully saturated rings. The van der Waals surface area contributed by atoms with Crippen LogP contribution < -0.4 is 11.1 Å². The fourth-order valence-electron chi connectivity index (χ4n) is 2.27. The first-order valence-corrected chi connectivity index (χ1v) is 7.67. The van der Waals surface area contributed by atoms with Gasteiger partial charge >= 0.3 is 0 Å². The van der Waals surface area contributed by atoms with E-state index in [0.717, 1.165) is 17.7 Å². The van der Waals surface area contributed by atoms with Crippen LogP contribution in [0.5, 0.6) is 0 Å². The van der Waals surface area contributed by atoms with Gasteiger partial charge in [0.1, 0.15) is 0 Å². The standard InChI is InChI=1S/C17H24N4O/c1-4-12(2)16(18)17(22)20-13(3)14-6-5-7-15(10-14)21-9-8-19-11-21/h5-13,16H,4,18H2,1-3H3,(H,20,22).